The van der Waals surface area contributed by atoms with Gasteiger partial charge < -0.3 is 11.1 Å². The molecule has 0 fully saturated rings. The highest BCUT2D eigenvalue weighted by atomic mass is 19.1. The van der Waals surface area contributed by atoms with E-state index in [1.165, 1.54) is 6.07 Å². The molecule has 0 saturated heterocycles. The Hall–Kier alpha value is -1.35. The summed E-state index contributed by atoms with van der Waals surface area (Å²) in [6.45, 7) is 4.67. The topological polar surface area (TPSA) is 38.0 Å². The first-order valence-corrected chi connectivity index (χ1v) is 4.61. The van der Waals surface area contributed by atoms with Crippen molar-refractivity contribution in [2.24, 2.45) is 5.73 Å². The van der Waals surface area contributed by atoms with E-state index in [1.807, 2.05) is 6.07 Å². The van der Waals surface area contributed by atoms with Crippen molar-refractivity contribution in [2.45, 2.75) is 6.42 Å². The Bertz CT molecular complexity index is 310. The van der Waals surface area contributed by atoms with Gasteiger partial charge in [-0.25, -0.2) is 4.39 Å². The number of rotatable bonds is 5. The van der Waals surface area contributed by atoms with Crippen molar-refractivity contribution in [3.63, 3.8) is 0 Å². The van der Waals surface area contributed by atoms with Crippen LogP contribution in [-0.4, -0.2) is 13.1 Å². The Morgan fingerprint density at radius 2 is 2.29 bits per heavy atom. The quantitative estimate of drug-likeness (QED) is 0.703. The number of hydrogen-bond acceptors (Lipinski definition) is 2. The van der Waals surface area contributed by atoms with Crippen molar-refractivity contribution in [2.75, 3.05) is 18.4 Å². The highest BCUT2D eigenvalue weighted by Gasteiger charge is 2.05. The molecule has 0 unspecified atom stereocenters. The number of nitrogens with one attached hydrogen (secondary N) is 1. The van der Waals surface area contributed by atoms with Crippen LogP contribution < -0.4 is 11.1 Å². The van der Waals surface area contributed by atoms with Gasteiger partial charge in [0.05, 0.1) is 0 Å². The van der Waals surface area contributed by atoms with E-state index in [-0.39, 0.29) is 5.82 Å². The number of anilines is 1. The molecular formula is C11H15FN2. The lowest BCUT2D eigenvalue weighted by Crippen LogP contribution is -2.09. The van der Waals surface area contributed by atoms with Gasteiger partial charge >= 0.3 is 0 Å². The summed E-state index contributed by atoms with van der Waals surface area (Å²) in [6.07, 6.45) is 2.28. The van der Waals surface area contributed by atoms with Gasteiger partial charge in [0, 0.05) is 17.8 Å². The third-order valence-electron chi connectivity index (χ3n) is 1.95. The summed E-state index contributed by atoms with van der Waals surface area (Å²) in [7, 11) is 0. The molecule has 1 aromatic rings. The zero-order chi connectivity index (χ0) is 10.4. The zero-order valence-electron chi connectivity index (χ0n) is 8.09. The second-order valence-corrected chi connectivity index (χ2v) is 2.97. The molecule has 0 aliphatic heterocycles. The van der Waals surface area contributed by atoms with Crippen LogP contribution in [0.25, 0.3) is 0 Å². The molecular weight excluding hydrogens is 179 g/mol. The predicted molar refractivity (Wildman–Crippen MR) is 57.8 cm³/mol. The van der Waals surface area contributed by atoms with Crippen molar-refractivity contribution in [1.29, 1.82) is 0 Å². The standard InChI is InChI=1S/C11H15FN2/c1-2-8-14-11-5-3-4-10(12)9(11)6-7-13/h2-5,14H,1,6-8,13H2. The van der Waals surface area contributed by atoms with Gasteiger partial charge in [-0.15, -0.1) is 6.58 Å². The Kier molecular flexibility index (Phi) is 4.13. The van der Waals surface area contributed by atoms with Crippen molar-refractivity contribution in [3.8, 4) is 0 Å². The largest absolute Gasteiger partial charge is 0.381 e. The van der Waals surface area contributed by atoms with Gasteiger partial charge in [-0.1, -0.05) is 12.1 Å². The van der Waals surface area contributed by atoms with Crippen LogP contribution in [0, 0.1) is 5.82 Å². The molecule has 0 heterocycles. The second kappa shape index (κ2) is 5.40. The fraction of sp³-hybridized carbons (Fsp3) is 0.273. The van der Waals surface area contributed by atoms with Crippen LogP contribution in [0.15, 0.2) is 30.9 Å². The molecule has 0 amide bonds. The Labute approximate surface area is 83.6 Å². The lowest BCUT2D eigenvalue weighted by molar-refractivity contribution is 0.610. The van der Waals surface area contributed by atoms with Crippen LogP contribution in [0.2, 0.25) is 0 Å². The maximum atomic E-state index is 13.3. The highest BCUT2D eigenvalue weighted by molar-refractivity contribution is 5.52. The van der Waals surface area contributed by atoms with E-state index >= 15 is 0 Å². The van der Waals surface area contributed by atoms with Gasteiger partial charge in [0.25, 0.3) is 0 Å². The maximum Gasteiger partial charge on any atom is 0.128 e. The third kappa shape index (κ3) is 2.57. The smallest absolute Gasteiger partial charge is 0.128 e. The van der Waals surface area contributed by atoms with E-state index in [0.29, 0.717) is 25.1 Å². The van der Waals surface area contributed by atoms with E-state index in [9.17, 15) is 4.39 Å². The Balaban J connectivity index is 2.89. The van der Waals surface area contributed by atoms with E-state index in [0.717, 1.165) is 5.69 Å². The first-order chi connectivity index (χ1) is 6.79. The van der Waals surface area contributed by atoms with Crippen LogP contribution in [0.3, 0.4) is 0 Å². The molecule has 0 atom stereocenters. The van der Waals surface area contributed by atoms with Crippen LogP contribution in [0.5, 0.6) is 0 Å². The molecule has 2 nitrogen and oxygen atoms in total. The Morgan fingerprint density at radius 1 is 1.50 bits per heavy atom. The molecule has 0 spiro atoms. The van der Waals surface area contributed by atoms with Crippen LogP contribution in [-0.2, 0) is 6.42 Å². The lowest BCUT2D eigenvalue weighted by Gasteiger charge is -2.10. The minimum absolute atomic E-state index is 0.204. The molecule has 3 N–H and O–H groups in total. The Morgan fingerprint density at radius 3 is 2.93 bits per heavy atom. The molecule has 0 radical (unpaired) electrons. The first kappa shape index (κ1) is 10.7. The van der Waals surface area contributed by atoms with Crippen molar-refractivity contribution in [3.05, 3.63) is 42.2 Å². The molecule has 1 aromatic carbocycles. The predicted octanol–water partition coefficient (Wildman–Crippen LogP) is 1.92. The normalized spacial score (nSPS) is 9.86. The van der Waals surface area contributed by atoms with Gasteiger partial charge in [-0.05, 0) is 25.1 Å². The van der Waals surface area contributed by atoms with E-state index in [4.69, 9.17) is 5.73 Å². The summed E-state index contributed by atoms with van der Waals surface area (Å²) in [6, 6.07) is 4.97. The van der Waals surface area contributed by atoms with Crippen molar-refractivity contribution >= 4 is 5.69 Å². The first-order valence-electron chi connectivity index (χ1n) is 4.61. The fourth-order valence-electron chi connectivity index (χ4n) is 1.30. The molecule has 0 aromatic heterocycles. The maximum absolute atomic E-state index is 13.3. The SMILES string of the molecule is C=CCNc1cccc(F)c1CCN. The monoisotopic (exact) mass is 194 g/mol. The van der Waals surface area contributed by atoms with Crippen LogP contribution in [0.1, 0.15) is 5.56 Å². The van der Waals surface area contributed by atoms with Crippen molar-refractivity contribution in [1.82, 2.24) is 0 Å². The number of halogens is 1. The van der Waals surface area contributed by atoms with Gasteiger partial charge in [-0.2, -0.15) is 0 Å². The summed E-state index contributed by atoms with van der Waals surface area (Å²) in [4.78, 5) is 0. The summed E-state index contributed by atoms with van der Waals surface area (Å²) >= 11 is 0. The molecule has 0 aliphatic carbocycles. The van der Waals surface area contributed by atoms with Crippen LogP contribution in [0.4, 0.5) is 10.1 Å². The van der Waals surface area contributed by atoms with Gasteiger partial charge in [-0.3, -0.25) is 0 Å². The van der Waals surface area contributed by atoms with E-state index in [1.54, 1.807) is 12.1 Å². The number of benzene rings is 1. The summed E-state index contributed by atoms with van der Waals surface area (Å²) < 4.78 is 13.3. The lowest BCUT2D eigenvalue weighted by atomic mass is 10.1. The molecule has 76 valence electrons. The van der Waals surface area contributed by atoms with E-state index < -0.39 is 0 Å². The average Bonchev–Trinajstić information content (AvgIpc) is 2.19. The molecule has 14 heavy (non-hydrogen) atoms. The zero-order valence-corrected chi connectivity index (χ0v) is 8.09. The third-order valence-corrected chi connectivity index (χ3v) is 1.95. The highest BCUT2D eigenvalue weighted by Crippen LogP contribution is 2.18. The molecule has 0 aliphatic rings. The minimum atomic E-state index is -0.204. The van der Waals surface area contributed by atoms with Gasteiger partial charge in [0.1, 0.15) is 5.82 Å². The molecule has 3 heteroatoms. The van der Waals surface area contributed by atoms with Crippen molar-refractivity contribution < 1.29 is 4.39 Å². The average molecular weight is 194 g/mol. The van der Waals surface area contributed by atoms with E-state index in [2.05, 4.69) is 11.9 Å². The summed E-state index contributed by atoms with van der Waals surface area (Å²) in [5, 5.41) is 3.07. The number of nitrogens with two attached hydrogens (primary N) is 1. The molecule has 0 bridgehead atoms. The molecule has 0 saturated carbocycles. The van der Waals surface area contributed by atoms with Gasteiger partial charge in [0.15, 0.2) is 0 Å². The second-order valence-electron chi connectivity index (χ2n) is 2.97. The minimum Gasteiger partial charge on any atom is -0.381 e. The summed E-state index contributed by atoms with van der Waals surface area (Å²) in [5.41, 5.74) is 6.86. The van der Waals surface area contributed by atoms with Gasteiger partial charge in [0.2, 0.25) is 0 Å². The molecule has 1 rings (SSSR count). The number of hydrogen-bond donors (Lipinski definition) is 2. The van der Waals surface area contributed by atoms with Crippen LogP contribution >= 0.6 is 0 Å². The summed E-state index contributed by atoms with van der Waals surface area (Å²) in [5.74, 6) is -0.204. The fourth-order valence-corrected chi connectivity index (χ4v) is 1.30.